The van der Waals surface area contributed by atoms with Gasteiger partial charge in [-0.05, 0) is 0 Å². The third kappa shape index (κ3) is 496. The Balaban J connectivity index is 0. The van der Waals surface area contributed by atoms with Gasteiger partial charge in [-0.3, -0.25) is 0 Å². The van der Waals surface area contributed by atoms with E-state index in [2.05, 4.69) is 0 Å². The quantitative estimate of drug-likeness (QED) is 0.417. The normalized spacial score (nSPS) is 0. The first-order valence-corrected chi connectivity index (χ1v) is 0. The van der Waals surface area contributed by atoms with E-state index in [0.29, 0.717) is 0 Å². The Bertz CT molecular complexity index is 16.2. The largest absolute Gasteiger partial charge is 3.00 e. The Morgan fingerprint density at radius 2 is 0.188 bits per heavy atom. The molecule has 97 valence electrons. The fourth-order valence-corrected chi connectivity index (χ4v) is 0. The molecule has 1 radical (unpaired) electrons. The van der Waals surface area contributed by atoms with Crippen LogP contribution in [-0.4, -0.2) is 52.1 Å². The van der Waals surface area contributed by atoms with Crippen LogP contribution in [0, 0.1) is 130 Å². The molecule has 0 rings (SSSR count). The Morgan fingerprint density at radius 3 is 0.188 bits per heavy atom. The van der Waals surface area contributed by atoms with Crippen molar-refractivity contribution < 1.29 is 40.8 Å². The van der Waals surface area contributed by atoms with Gasteiger partial charge in [0.1, 0.15) is 0 Å². The second kappa shape index (κ2) is 593. The van der Waals surface area contributed by atoms with Gasteiger partial charge in [0.05, 0.1) is 0 Å². The van der Waals surface area contributed by atoms with E-state index in [-0.39, 0.29) is 182 Å². The molecule has 0 aliphatic rings. The van der Waals surface area contributed by atoms with Crippen molar-refractivity contribution in [3.8, 4) is 0 Å². The Morgan fingerprint density at radius 1 is 0.188 bits per heavy atom. The van der Waals surface area contributed by atoms with Gasteiger partial charge in [-0.25, -0.2) is 0 Å². The molecular weight excluding hydrogens is 369 g/mol. The summed E-state index contributed by atoms with van der Waals surface area (Å²) in [6.07, 6.45) is 0. The van der Waals surface area contributed by atoms with Crippen LogP contribution in [0.4, 0.5) is 0 Å². The summed E-state index contributed by atoms with van der Waals surface area (Å²) in [5, 5.41) is 0. The van der Waals surface area contributed by atoms with Gasteiger partial charge in [0, 0.05) is 0 Å². The van der Waals surface area contributed by atoms with E-state index in [1.54, 1.807) is 0 Å². The van der Waals surface area contributed by atoms with Gasteiger partial charge in [-0.15, -0.1) is 0 Å². The SMILES string of the molecule is [Al+3].[Al+3].[Al+3].[CH3-].[CH3-].[CH3-].[CH3-].[CH3-].[CH3-].[CH3-].[CH3-].[CH3-].[CH3-].[CH3-].[CH3-].[Nd+3]. The predicted molar refractivity (Wildman–Crippen MR) is 94.2 cm³/mol. The van der Waals surface area contributed by atoms with Gasteiger partial charge < -0.3 is 89.1 Å². The molecule has 0 aromatic heterocycles. The summed E-state index contributed by atoms with van der Waals surface area (Å²) < 4.78 is 0. The van der Waals surface area contributed by atoms with E-state index >= 15 is 0 Å². The predicted octanol–water partition coefficient (Wildman–Crippen LogP) is 4.26. The average molecular weight is 406 g/mol. The maximum atomic E-state index is 0. The van der Waals surface area contributed by atoms with Gasteiger partial charge in [-0.1, -0.05) is 0 Å². The fourth-order valence-electron chi connectivity index (χ4n) is 0. The minimum absolute atomic E-state index is 0. The summed E-state index contributed by atoms with van der Waals surface area (Å²) in [5.74, 6) is 0. The first-order chi connectivity index (χ1) is 0. The van der Waals surface area contributed by atoms with Crippen LogP contribution >= 0.6 is 0 Å². The smallest absolute Gasteiger partial charge is 0.358 e. The molecule has 0 bridgehead atoms. The van der Waals surface area contributed by atoms with Crippen molar-refractivity contribution in [3.05, 3.63) is 89.1 Å². The van der Waals surface area contributed by atoms with Crippen LogP contribution in [0.15, 0.2) is 0 Å². The minimum Gasteiger partial charge on any atom is -0.358 e. The maximum Gasteiger partial charge on any atom is 3.00 e. The number of rotatable bonds is 0. The molecule has 0 unspecified atom stereocenters. The summed E-state index contributed by atoms with van der Waals surface area (Å²) in [6.45, 7) is 0. The van der Waals surface area contributed by atoms with Crippen molar-refractivity contribution in [2.24, 2.45) is 0 Å². The molecule has 0 saturated heterocycles. The van der Waals surface area contributed by atoms with Crippen LogP contribution in [0.3, 0.4) is 0 Å². The third-order valence-electron chi connectivity index (χ3n) is 0. The van der Waals surface area contributed by atoms with Crippen molar-refractivity contribution in [1.29, 1.82) is 0 Å². The molecule has 0 aliphatic heterocycles. The first-order valence-electron chi connectivity index (χ1n) is 0. The molecule has 0 aromatic rings. The molecule has 0 amide bonds. The Hall–Kier alpha value is 2.95. The second-order valence-electron chi connectivity index (χ2n) is 0. The van der Waals surface area contributed by atoms with Gasteiger partial charge in [0.25, 0.3) is 0 Å². The molecule has 0 saturated carbocycles. The van der Waals surface area contributed by atoms with E-state index < -0.39 is 0 Å². The molecule has 16 heavy (non-hydrogen) atoms. The van der Waals surface area contributed by atoms with Gasteiger partial charge in [0.15, 0.2) is 0 Å². The van der Waals surface area contributed by atoms with E-state index in [0.717, 1.165) is 0 Å². The topological polar surface area (TPSA) is 0 Å². The van der Waals surface area contributed by atoms with Crippen LogP contribution in [0.2, 0.25) is 0 Å². The Kier molecular flexibility index (Phi) is 26000. The van der Waals surface area contributed by atoms with E-state index in [1.165, 1.54) is 0 Å². The molecule has 0 nitrogen and oxygen atoms in total. The molecule has 0 N–H and O–H groups in total. The van der Waals surface area contributed by atoms with E-state index in [4.69, 9.17) is 0 Å². The summed E-state index contributed by atoms with van der Waals surface area (Å²) >= 11 is 0. The summed E-state index contributed by atoms with van der Waals surface area (Å²) in [6, 6.07) is 0. The van der Waals surface area contributed by atoms with Crippen molar-refractivity contribution >= 4 is 52.1 Å². The molecule has 0 heterocycles. The van der Waals surface area contributed by atoms with Crippen LogP contribution < -0.4 is 0 Å². The molecular formula is C12H36Al3Nd. The molecule has 0 atom stereocenters. The van der Waals surface area contributed by atoms with E-state index in [1.807, 2.05) is 0 Å². The number of hydrogen-bond acceptors (Lipinski definition) is 0. The maximum absolute atomic E-state index is 0. The molecule has 0 aromatic carbocycles. The average Bonchev–Trinajstić information content (AvgIpc) is 0. The van der Waals surface area contributed by atoms with Gasteiger partial charge >= 0.3 is 92.9 Å². The van der Waals surface area contributed by atoms with Crippen molar-refractivity contribution in [1.82, 2.24) is 0 Å². The van der Waals surface area contributed by atoms with Crippen molar-refractivity contribution in [2.75, 3.05) is 0 Å². The molecule has 0 fully saturated rings. The fraction of sp³-hybridized carbons (Fsp3) is 0. The van der Waals surface area contributed by atoms with E-state index in [9.17, 15) is 0 Å². The zero-order valence-electron chi connectivity index (χ0n) is 14.2. The van der Waals surface area contributed by atoms with Crippen LogP contribution in [0.5, 0.6) is 0 Å². The third-order valence-corrected chi connectivity index (χ3v) is 0. The second-order valence-corrected chi connectivity index (χ2v) is 0. The molecule has 4 heteroatoms. The monoisotopic (exact) mass is 403 g/mol. The van der Waals surface area contributed by atoms with Crippen LogP contribution in [-0.2, 0) is 0 Å². The number of hydrogen-bond donors (Lipinski definition) is 0. The standard InChI is InChI=1S/12CH3.3Al.Nd/h12*1H3;;;;/q12*-1;4*+3. The first kappa shape index (κ1) is 702. The van der Waals surface area contributed by atoms with Crippen LogP contribution in [0.25, 0.3) is 0 Å². The molecule has 0 aliphatic carbocycles. The zero-order chi connectivity index (χ0) is 0. The van der Waals surface area contributed by atoms with Crippen molar-refractivity contribution in [2.45, 2.75) is 0 Å². The summed E-state index contributed by atoms with van der Waals surface area (Å²) in [4.78, 5) is 0. The summed E-state index contributed by atoms with van der Waals surface area (Å²) in [5.41, 5.74) is 0. The Labute approximate surface area is 179 Å². The molecule has 0 spiro atoms. The summed E-state index contributed by atoms with van der Waals surface area (Å²) in [7, 11) is 0. The van der Waals surface area contributed by atoms with Crippen LogP contribution in [0.1, 0.15) is 0 Å². The van der Waals surface area contributed by atoms with Gasteiger partial charge in [0.2, 0.25) is 0 Å². The zero-order valence-corrected chi connectivity index (χ0v) is 20.9. The van der Waals surface area contributed by atoms with Gasteiger partial charge in [-0.2, -0.15) is 0 Å². The minimum atomic E-state index is 0. The van der Waals surface area contributed by atoms with Crippen molar-refractivity contribution in [3.63, 3.8) is 0 Å².